The summed E-state index contributed by atoms with van der Waals surface area (Å²) in [6.07, 6.45) is 1.87. The number of fused-ring (bicyclic) bond motifs is 1. The van der Waals surface area contributed by atoms with Gasteiger partial charge >= 0.3 is 0 Å². The molecule has 30 heavy (non-hydrogen) atoms. The quantitative estimate of drug-likeness (QED) is 0.753. The maximum absolute atomic E-state index is 12.9. The predicted octanol–water partition coefficient (Wildman–Crippen LogP) is 0.354. The highest BCUT2D eigenvalue weighted by atomic mass is 16.5. The van der Waals surface area contributed by atoms with Gasteiger partial charge in [-0.2, -0.15) is 9.98 Å². The van der Waals surface area contributed by atoms with E-state index >= 15 is 0 Å². The minimum absolute atomic E-state index is 0.00288. The van der Waals surface area contributed by atoms with E-state index in [1.807, 2.05) is 4.90 Å². The van der Waals surface area contributed by atoms with E-state index in [0.29, 0.717) is 23.3 Å². The lowest BCUT2D eigenvalue weighted by Crippen LogP contribution is -2.51. The molecule has 1 saturated heterocycles. The number of aromatic amines is 1. The number of benzene rings is 1. The van der Waals surface area contributed by atoms with Crippen molar-refractivity contribution >= 4 is 29.0 Å². The van der Waals surface area contributed by atoms with Gasteiger partial charge in [0.2, 0.25) is 5.95 Å². The van der Waals surface area contributed by atoms with Crippen molar-refractivity contribution < 1.29 is 14.3 Å². The monoisotopic (exact) mass is 409 g/mol. The SMILES string of the molecule is COc1ccc(NC(=O)C2=c3c(nc(N4CCCC(C)C4)[nH]c3=O)=NC(=O)C2)cc1. The third-order valence-corrected chi connectivity index (χ3v) is 5.33. The first-order valence-corrected chi connectivity index (χ1v) is 9.90. The average molecular weight is 409 g/mol. The van der Waals surface area contributed by atoms with E-state index in [1.165, 1.54) is 0 Å². The van der Waals surface area contributed by atoms with Crippen LogP contribution in [0.3, 0.4) is 0 Å². The highest BCUT2D eigenvalue weighted by Crippen LogP contribution is 2.19. The molecule has 156 valence electrons. The third-order valence-electron chi connectivity index (χ3n) is 5.33. The number of nitrogens with zero attached hydrogens (tertiary/aromatic N) is 3. The molecule has 3 heterocycles. The molecule has 2 aliphatic heterocycles. The molecular formula is C21H23N5O4. The van der Waals surface area contributed by atoms with Gasteiger partial charge in [-0.3, -0.25) is 19.4 Å². The molecule has 0 aliphatic carbocycles. The highest BCUT2D eigenvalue weighted by molar-refractivity contribution is 6.23. The summed E-state index contributed by atoms with van der Waals surface area (Å²) in [4.78, 5) is 51.0. The van der Waals surface area contributed by atoms with Crippen LogP contribution in [-0.4, -0.2) is 42.0 Å². The number of nitrogens with one attached hydrogen (secondary N) is 2. The standard InChI is InChI=1S/C21H23N5O4/c1-12-4-3-9-26(11-12)21-24-18-17(20(29)25-21)15(10-16(27)23-18)19(28)22-13-5-7-14(30-2)8-6-13/h5-8,12H,3-4,9-11H2,1-2H3,(H,22,28)(H,23,24,25,27,29). The van der Waals surface area contributed by atoms with E-state index < -0.39 is 17.4 Å². The Hall–Kier alpha value is -3.49. The zero-order chi connectivity index (χ0) is 21.3. The van der Waals surface area contributed by atoms with Crippen molar-refractivity contribution in [3.05, 3.63) is 45.3 Å². The summed E-state index contributed by atoms with van der Waals surface area (Å²) < 4.78 is 5.10. The van der Waals surface area contributed by atoms with E-state index in [2.05, 4.69) is 27.2 Å². The first kappa shape index (κ1) is 19.8. The molecule has 0 radical (unpaired) electrons. The van der Waals surface area contributed by atoms with Crippen LogP contribution in [0, 0.1) is 5.92 Å². The minimum Gasteiger partial charge on any atom is -0.497 e. The first-order chi connectivity index (χ1) is 14.4. The number of methoxy groups -OCH3 is 1. The van der Waals surface area contributed by atoms with Crippen LogP contribution < -0.4 is 31.2 Å². The number of rotatable bonds is 4. The number of piperidine rings is 1. The van der Waals surface area contributed by atoms with Crippen molar-refractivity contribution in [2.75, 3.05) is 30.4 Å². The average Bonchev–Trinajstić information content (AvgIpc) is 2.73. The van der Waals surface area contributed by atoms with Gasteiger partial charge < -0.3 is 15.0 Å². The van der Waals surface area contributed by atoms with Gasteiger partial charge in [0.05, 0.1) is 18.7 Å². The first-order valence-electron chi connectivity index (χ1n) is 9.90. The van der Waals surface area contributed by atoms with Gasteiger partial charge in [-0.25, -0.2) is 0 Å². The number of ether oxygens (including phenoxy) is 1. The molecular weight excluding hydrogens is 386 g/mol. The molecule has 1 unspecified atom stereocenters. The zero-order valence-corrected chi connectivity index (χ0v) is 16.9. The molecule has 0 spiro atoms. The van der Waals surface area contributed by atoms with Crippen LogP contribution in [0.4, 0.5) is 11.6 Å². The molecule has 4 rings (SSSR count). The predicted molar refractivity (Wildman–Crippen MR) is 111 cm³/mol. The molecule has 1 aromatic heterocycles. The molecule has 0 bridgehead atoms. The van der Waals surface area contributed by atoms with E-state index in [1.54, 1.807) is 31.4 Å². The molecule has 2 aromatic rings. The van der Waals surface area contributed by atoms with Crippen LogP contribution >= 0.6 is 0 Å². The Labute approximate surface area is 172 Å². The Bertz CT molecular complexity index is 1170. The van der Waals surface area contributed by atoms with Crippen molar-refractivity contribution in [2.45, 2.75) is 26.2 Å². The smallest absolute Gasteiger partial charge is 0.262 e. The lowest BCUT2D eigenvalue weighted by atomic mass is 10.0. The lowest BCUT2D eigenvalue weighted by Gasteiger charge is -2.31. The van der Waals surface area contributed by atoms with Crippen LogP contribution in [0.25, 0.3) is 5.57 Å². The van der Waals surface area contributed by atoms with Gasteiger partial charge in [0.25, 0.3) is 17.4 Å². The fourth-order valence-electron chi connectivity index (χ4n) is 3.81. The second-order valence-electron chi connectivity index (χ2n) is 7.63. The van der Waals surface area contributed by atoms with E-state index in [4.69, 9.17) is 4.74 Å². The van der Waals surface area contributed by atoms with E-state index in [0.717, 1.165) is 25.9 Å². The van der Waals surface area contributed by atoms with Crippen LogP contribution in [0.1, 0.15) is 26.2 Å². The molecule has 2 aliphatic rings. The summed E-state index contributed by atoms with van der Waals surface area (Å²) in [5.41, 5.74) is 0.119. The molecule has 1 fully saturated rings. The Morgan fingerprint density at radius 1 is 1.27 bits per heavy atom. The zero-order valence-electron chi connectivity index (χ0n) is 16.9. The highest BCUT2D eigenvalue weighted by Gasteiger charge is 2.24. The number of H-pyrrole nitrogens is 1. The van der Waals surface area contributed by atoms with Crippen molar-refractivity contribution in [1.82, 2.24) is 9.97 Å². The van der Waals surface area contributed by atoms with Crippen molar-refractivity contribution in [1.29, 1.82) is 0 Å². The number of carbonyl (C=O) groups excluding carboxylic acids is 2. The Morgan fingerprint density at radius 2 is 2.03 bits per heavy atom. The number of hydrogen-bond acceptors (Lipinski definition) is 6. The summed E-state index contributed by atoms with van der Waals surface area (Å²) in [7, 11) is 1.55. The molecule has 1 atom stereocenters. The largest absolute Gasteiger partial charge is 0.497 e. The molecule has 0 saturated carbocycles. The minimum atomic E-state index is -0.531. The van der Waals surface area contributed by atoms with Crippen molar-refractivity contribution in [3.8, 4) is 5.75 Å². The topological polar surface area (TPSA) is 117 Å². The molecule has 2 N–H and O–H groups in total. The summed E-state index contributed by atoms with van der Waals surface area (Å²) >= 11 is 0. The summed E-state index contributed by atoms with van der Waals surface area (Å²) in [6.45, 7) is 3.69. The van der Waals surface area contributed by atoms with Gasteiger partial charge in [0.15, 0.2) is 5.49 Å². The van der Waals surface area contributed by atoms with Crippen LogP contribution in [0.5, 0.6) is 5.75 Å². The number of aromatic nitrogens is 2. The van der Waals surface area contributed by atoms with Gasteiger partial charge in [-0.05, 0) is 43.0 Å². The molecule has 1 aromatic carbocycles. The number of anilines is 2. The Balaban J connectivity index is 1.72. The Kier molecular flexibility index (Phi) is 5.35. The number of carbonyl (C=O) groups is 2. The van der Waals surface area contributed by atoms with E-state index in [9.17, 15) is 14.4 Å². The summed E-state index contributed by atoms with van der Waals surface area (Å²) in [5, 5.41) is 2.77. The fourth-order valence-corrected chi connectivity index (χ4v) is 3.81. The molecule has 9 nitrogen and oxygen atoms in total. The van der Waals surface area contributed by atoms with Crippen LogP contribution in [0.15, 0.2) is 34.1 Å². The second-order valence-corrected chi connectivity index (χ2v) is 7.63. The van der Waals surface area contributed by atoms with Gasteiger partial charge in [-0.1, -0.05) is 6.92 Å². The van der Waals surface area contributed by atoms with Gasteiger partial charge in [0, 0.05) is 24.4 Å². The normalized spacial score (nSPS) is 18.5. The summed E-state index contributed by atoms with van der Waals surface area (Å²) in [6, 6.07) is 6.76. The summed E-state index contributed by atoms with van der Waals surface area (Å²) in [5.74, 6) is 0.488. The van der Waals surface area contributed by atoms with Crippen LogP contribution in [0.2, 0.25) is 0 Å². The van der Waals surface area contributed by atoms with Crippen molar-refractivity contribution in [3.63, 3.8) is 0 Å². The van der Waals surface area contributed by atoms with Crippen molar-refractivity contribution in [2.24, 2.45) is 10.9 Å². The second kappa shape index (κ2) is 8.10. The number of amides is 2. The maximum Gasteiger partial charge on any atom is 0.262 e. The fraction of sp³-hybridized carbons (Fsp3) is 0.381. The van der Waals surface area contributed by atoms with Gasteiger partial charge in [-0.15, -0.1) is 0 Å². The van der Waals surface area contributed by atoms with Gasteiger partial charge in [0.1, 0.15) is 5.75 Å². The van der Waals surface area contributed by atoms with Crippen LogP contribution in [-0.2, 0) is 9.59 Å². The van der Waals surface area contributed by atoms with E-state index in [-0.39, 0.29) is 22.7 Å². The molecule has 2 amide bonds. The number of hydrogen-bond donors (Lipinski definition) is 2. The molecule has 9 heteroatoms. The maximum atomic E-state index is 12.9. The Morgan fingerprint density at radius 3 is 2.73 bits per heavy atom. The lowest BCUT2D eigenvalue weighted by molar-refractivity contribution is -0.118. The third kappa shape index (κ3) is 3.96.